The molecule has 0 amide bonds. The molecule has 0 aliphatic carbocycles. The Bertz CT molecular complexity index is 363. The van der Waals surface area contributed by atoms with Crippen LogP contribution in [0.5, 0.6) is 0 Å². The fourth-order valence-electron chi connectivity index (χ4n) is 1.75. The van der Waals surface area contributed by atoms with Crippen molar-refractivity contribution in [3.05, 3.63) is 42.0 Å². The van der Waals surface area contributed by atoms with Gasteiger partial charge in [-0.25, -0.2) is 4.39 Å². The second kappa shape index (κ2) is 7.17. The highest BCUT2D eigenvalue weighted by atomic mass is 19.1. The van der Waals surface area contributed by atoms with Gasteiger partial charge < -0.3 is 5.32 Å². The molecule has 2 nitrogen and oxygen atoms in total. The maximum atomic E-state index is 13.7. The summed E-state index contributed by atoms with van der Waals surface area (Å²) in [7, 11) is 0. The third kappa shape index (κ3) is 4.65. The molecule has 1 unspecified atom stereocenters. The first-order valence-electron chi connectivity index (χ1n) is 6.12. The summed E-state index contributed by atoms with van der Waals surface area (Å²) in [5.74, 6) is -0.234. The van der Waals surface area contributed by atoms with Crippen LogP contribution in [0.3, 0.4) is 0 Å². The molecule has 1 aromatic rings. The number of nitrogens with zero attached hydrogens (tertiary/aromatic N) is 1. The second-order valence-corrected chi connectivity index (χ2v) is 4.40. The van der Waals surface area contributed by atoms with Crippen molar-refractivity contribution in [1.29, 1.82) is 0 Å². The van der Waals surface area contributed by atoms with Crippen molar-refractivity contribution in [2.75, 3.05) is 6.54 Å². The topological polar surface area (TPSA) is 24.9 Å². The van der Waals surface area contributed by atoms with Crippen LogP contribution in [-0.4, -0.2) is 11.5 Å². The molecular formula is C14H21FN2. The highest BCUT2D eigenvalue weighted by Crippen LogP contribution is 2.22. The molecule has 0 aliphatic heterocycles. The second-order valence-electron chi connectivity index (χ2n) is 4.40. The number of halogens is 1. The van der Waals surface area contributed by atoms with Crippen LogP contribution in [0.1, 0.15) is 44.7 Å². The standard InChI is InChI=1S/C14H21FN2/c1-4-8-17-14(6-5-11(2)3)12-7-9-16-10-13(12)15/h7,9-10,14,17H,2,4-6,8H2,1,3H3. The summed E-state index contributed by atoms with van der Waals surface area (Å²) < 4.78 is 13.7. The first kappa shape index (κ1) is 13.8. The lowest BCUT2D eigenvalue weighted by atomic mass is 10.0. The SMILES string of the molecule is C=C(C)CCC(NCCC)c1ccncc1F. The normalized spacial score (nSPS) is 12.4. The summed E-state index contributed by atoms with van der Waals surface area (Å²) in [5.41, 5.74) is 1.83. The number of aromatic nitrogens is 1. The molecule has 0 radical (unpaired) electrons. The molecule has 94 valence electrons. The Kier molecular flexibility index (Phi) is 5.84. The Morgan fingerprint density at radius 3 is 2.94 bits per heavy atom. The molecule has 0 aliphatic rings. The number of rotatable bonds is 7. The Balaban J connectivity index is 2.74. The van der Waals surface area contributed by atoms with Crippen LogP contribution in [-0.2, 0) is 0 Å². The van der Waals surface area contributed by atoms with Crippen LogP contribution >= 0.6 is 0 Å². The van der Waals surface area contributed by atoms with Gasteiger partial charge in [0.05, 0.1) is 6.20 Å². The molecule has 0 bridgehead atoms. The summed E-state index contributed by atoms with van der Waals surface area (Å²) in [5, 5.41) is 3.37. The van der Waals surface area contributed by atoms with E-state index in [-0.39, 0.29) is 11.9 Å². The molecular weight excluding hydrogens is 215 g/mol. The number of allylic oxidation sites excluding steroid dienone is 1. The van der Waals surface area contributed by atoms with Crippen molar-refractivity contribution < 1.29 is 4.39 Å². The van der Waals surface area contributed by atoms with Crippen LogP contribution in [0, 0.1) is 5.82 Å². The highest BCUT2D eigenvalue weighted by molar-refractivity contribution is 5.17. The summed E-state index contributed by atoms with van der Waals surface area (Å²) in [6.07, 6.45) is 5.73. The molecule has 0 saturated carbocycles. The third-order valence-electron chi connectivity index (χ3n) is 2.68. The largest absolute Gasteiger partial charge is 0.310 e. The molecule has 1 atom stereocenters. The predicted molar refractivity (Wildman–Crippen MR) is 69.3 cm³/mol. The van der Waals surface area contributed by atoms with E-state index in [1.807, 2.05) is 6.92 Å². The number of hydrogen-bond donors (Lipinski definition) is 1. The van der Waals surface area contributed by atoms with E-state index >= 15 is 0 Å². The van der Waals surface area contributed by atoms with Gasteiger partial charge in [0, 0.05) is 17.8 Å². The molecule has 0 saturated heterocycles. The Hall–Kier alpha value is -1.22. The first-order valence-corrected chi connectivity index (χ1v) is 6.12. The van der Waals surface area contributed by atoms with E-state index in [0.29, 0.717) is 5.56 Å². The lowest BCUT2D eigenvalue weighted by Gasteiger charge is -2.19. The highest BCUT2D eigenvalue weighted by Gasteiger charge is 2.14. The smallest absolute Gasteiger partial charge is 0.146 e. The predicted octanol–water partition coefficient (Wildman–Crippen LogP) is 3.62. The van der Waals surface area contributed by atoms with Gasteiger partial charge in [0.1, 0.15) is 5.82 Å². The first-order chi connectivity index (χ1) is 8.15. The zero-order valence-corrected chi connectivity index (χ0v) is 10.7. The summed E-state index contributed by atoms with van der Waals surface area (Å²) in [6.45, 7) is 8.88. The van der Waals surface area contributed by atoms with Crippen LogP contribution in [0.25, 0.3) is 0 Å². The molecule has 17 heavy (non-hydrogen) atoms. The third-order valence-corrected chi connectivity index (χ3v) is 2.68. The van der Waals surface area contributed by atoms with E-state index in [1.54, 1.807) is 12.3 Å². The van der Waals surface area contributed by atoms with Gasteiger partial charge in [-0.05, 0) is 38.8 Å². The Labute approximate surface area is 103 Å². The molecule has 1 aromatic heterocycles. The van der Waals surface area contributed by atoms with Crippen molar-refractivity contribution in [1.82, 2.24) is 10.3 Å². The lowest BCUT2D eigenvalue weighted by molar-refractivity contribution is 0.471. The van der Waals surface area contributed by atoms with Crippen molar-refractivity contribution in [2.24, 2.45) is 0 Å². The summed E-state index contributed by atoms with van der Waals surface area (Å²) in [6, 6.07) is 1.80. The number of pyridine rings is 1. The van der Waals surface area contributed by atoms with Gasteiger partial charge in [0.15, 0.2) is 0 Å². The van der Waals surface area contributed by atoms with Crippen molar-refractivity contribution in [3.8, 4) is 0 Å². The van der Waals surface area contributed by atoms with Gasteiger partial charge in [-0.15, -0.1) is 6.58 Å². The molecule has 3 heteroatoms. The minimum Gasteiger partial charge on any atom is -0.310 e. The van der Waals surface area contributed by atoms with E-state index in [2.05, 4.69) is 23.8 Å². The average molecular weight is 236 g/mol. The zero-order valence-electron chi connectivity index (χ0n) is 10.7. The van der Waals surface area contributed by atoms with Crippen LogP contribution in [0.4, 0.5) is 4.39 Å². The van der Waals surface area contributed by atoms with Crippen molar-refractivity contribution in [2.45, 2.75) is 39.2 Å². The van der Waals surface area contributed by atoms with Gasteiger partial charge in [-0.3, -0.25) is 4.98 Å². The minimum absolute atomic E-state index is 0.0506. The van der Waals surface area contributed by atoms with E-state index < -0.39 is 0 Å². The summed E-state index contributed by atoms with van der Waals surface area (Å²) in [4.78, 5) is 3.78. The van der Waals surface area contributed by atoms with Crippen molar-refractivity contribution in [3.63, 3.8) is 0 Å². The van der Waals surface area contributed by atoms with Gasteiger partial charge in [-0.2, -0.15) is 0 Å². The van der Waals surface area contributed by atoms with Crippen molar-refractivity contribution >= 4 is 0 Å². The number of hydrogen-bond acceptors (Lipinski definition) is 2. The molecule has 1 N–H and O–H groups in total. The van der Waals surface area contributed by atoms with Gasteiger partial charge in [0.25, 0.3) is 0 Å². The fraction of sp³-hybridized carbons (Fsp3) is 0.500. The molecule has 1 heterocycles. The van der Waals surface area contributed by atoms with E-state index in [0.717, 1.165) is 31.4 Å². The Morgan fingerprint density at radius 1 is 1.59 bits per heavy atom. The molecule has 0 fully saturated rings. The monoisotopic (exact) mass is 236 g/mol. The molecule has 1 rings (SSSR count). The molecule has 0 aromatic carbocycles. The maximum Gasteiger partial charge on any atom is 0.146 e. The van der Waals surface area contributed by atoms with E-state index in [9.17, 15) is 4.39 Å². The quantitative estimate of drug-likeness (QED) is 0.731. The fourth-order valence-corrected chi connectivity index (χ4v) is 1.75. The van der Waals surface area contributed by atoms with Crippen LogP contribution in [0.2, 0.25) is 0 Å². The Morgan fingerprint density at radius 2 is 2.35 bits per heavy atom. The van der Waals surface area contributed by atoms with Crippen LogP contribution < -0.4 is 5.32 Å². The molecule has 0 spiro atoms. The average Bonchev–Trinajstić information content (AvgIpc) is 2.30. The summed E-state index contributed by atoms with van der Waals surface area (Å²) >= 11 is 0. The van der Waals surface area contributed by atoms with Crippen LogP contribution in [0.15, 0.2) is 30.6 Å². The zero-order chi connectivity index (χ0) is 12.7. The minimum atomic E-state index is -0.234. The van der Waals surface area contributed by atoms with Gasteiger partial charge in [0.2, 0.25) is 0 Å². The van der Waals surface area contributed by atoms with E-state index in [4.69, 9.17) is 0 Å². The number of nitrogens with one attached hydrogen (secondary N) is 1. The van der Waals surface area contributed by atoms with Gasteiger partial charge >= 0.3 is 0 Å². The lowest BCUT2D eigenvalue weighted by Crippen LogP contribution is -2.23. The van der Waals surface area contributed by atoms with E-state index in [1.165, 1.54) is 6.20 Å². The maximum absolute atomic E-state index is 13.7. The van der Waals surface area contributed by atoms with Gasteiger partial charge in [-0.1, -0.05) is 12.5 Å².